The van der Waals surface area contributed by atoms with Crippen LogP contribution in [0.1, 0.15) is 142 Å². The maximum Gasteiger partial charge on any atom is 0.285 e. The first-order chi connectivity index (χ1) is 14.7. The van der Waals surface area contributed by atoms with Crippen LogP contribution < -0.4 is 0 Å². The minimum atomic E-state index is -0.874. The Labute approximate surface area is 190 Å². The van der Waals surface area contributed by atoms with Crippen molar-refractivity contribution in [2.45, 2.75) is 148 Å². The highest BCUT2D eigenvalue weighted by Crippen LogP contribution is 2.33. The van der Waals surface area contributed by atoms with Gasteiger partial charge in [0.05, 0.1) is 0 Å². The summed E-state index contributed by atoms with van der Waals surface area (Å²) < 4.78 is 17.1. The van der Waals surface area contributed by atoms with Crippen LogP contribution in [0.4, 0.5) is 0 Å². The Balaban J connectivity index is 4.00. The number of rotatable bonds is 24. The van der Waals surface area contributed by atoms with Gasteiger partial charge in [0.1, 0.15) is 0 Å². The molecular formula is C27H56O3. The van der Waals surface area contributed by atoms with Gasteiger partial charge in [0.2, 0.25) is 0 Å². The van der Waals surface area contributed by atoms with Crippen LogP contribution in [-0.2, 0) is 14.2 Å². The highest BCUT2D eigenvalue weighted by atomic mass is 16.9. The van der Waals surface area contributed by atoms with Gasteiger partial charge in [-0.2, -0.15) is 0 Å². The molecule has 0 amide bonds. The zero-order chi connectivity index (χ0) is 22.3. The second-order valence-electron chi connectivity index (χ2n) is 9.15. The molecule has 0 saturated heterocycles. The van der Waals surface area contributed by atoms with E-state index in [0.717, 1.165) is 12.8 Å². The molecule has 3 heteroatoms. The van der Waals surface area contributed by atoms with Gasteiger partial charge in [0.25, 0.3) is 5.97 Å². The van der Waals surface area contributed by atoms with Crippen molar-refractivity contribution in [3.8, 4) is 0 Å². The van der Waals surface area contributed by atoms with Crippen molar-refractivity contribution in [2.24, 2.45) is 5.92 Å². The first-order valence-corrected chi connectivity index (χ1v) is 13.4. The first kappa shape index (κ1) is 29.9. The molecule has 0 fully saturated rings. The number of ether oxygens (including phenoxy) is 3. The lowest BCUT2D eigenvalue weighted by Gasteiger charge is -2.36. The fraction of sp³-hybridized carbons (Fsp3) is 1.00. The van der Waals surface area contributed by atoms with Gasteiger partial charge in [-0.15, -0.1) is 0 Å². The summed E-state index contributed by atoms with van der Waals surface area (Å²) in [4.78, 5) is 0. The second kappa shape index (κ2) is 22.1. The Kier molecular flexibility index (Phi) is 22.0. The fourth-order valence-electron chi connectivity index (χ4n) is 4.65. The average molecular weight is 429 g/mol. The van der Waals surface area contributed by atoms with Crippen LogP contribution in [0.2, 0.25) is 0 Å². The van der Waals surface area contributed by atoms with E-state index in [0.29, 0.717) is 5.92 Å². The summed E-state index contributed by atoms with van der Waals surface area (Å²) in [7, 11) is 5.14. The first-order valence-electron chi connectivity index (χ1n) is 13.4. The van der Waals surface area contributed by atoms with Crippen LogP contribution in [0, 0.1) is 5.92 Å². The molecule has 0 radical (unpaired) electrons. The van der Waals surface area contributed by atoms with Gasteiger partial charge in [-0.1, -0.05) is 129 Å². The predicted molar refractivity (Wildman–Crippen MR) is 131 cm³/mol. The Morgan fingerprint density at radius 3 is 0.967 bits per heavy atom. The Hall–Kier alpha value is -0.120. The summed E-state index contributed by atoms with van der Waals surface area (Å²) in [6.45, 7) is 4.56. The average Bonchev–Trinajstić information content (AvgIpc) is 2.77. The lowest BCUT2D eigenvalue weighted by molar-refractivity contribution is -0.380. The van der Waals surface area contributed by atoms with E-state index >= 15 is 0 Å². The number of hydrogen-bond acceptors (Lipinski definition) is 3. The van der Waals surface area contributed by atoms with Gasteiger partial charge < -0.3 is 14.2 Å². The third-order valence-corrected chi connectivity index (χ3v) is 6.67. The van der Waals surface area contributed by atoms with E-state index < -0.39 is 5.97 Å². The van der Waals surface area contributed by atoms with Crippen LogP contribution in [0.3, 0.4) is 0 Å². The molecule has 0 bridgehead atoms. The summed E-state index contributed by atoms with van der Waals surface area (Å²) in [5.74, 6) is -0.562. The Morgan fingerprint density at radius 1 is 0.433 bits per heavy atom. The van der Waals surface area contributed by atoms with E-state index in [9.17, 15) is 0 Å². The molecule has 0 saturated carbocycles. The van der Waals surface area contributed by atoms with E-state index in [4.69, 9.17) is 14.2 Å². The molecule has 0 aliphatic heterocycles. The smallest absolute Gasteiger partial charge is 0.285 e. The van der Waals surface area contributed by atoms with Gasteiger partial charge in [-0.25, -0.2) is 0 Å². The van der Waals surface area contributed by atoms with Gasteiger partial charge in [-0.3, -0.25) is 0 Å². The summed E-state index contributed by atoms with van der Waals surface area (Å²) in [5.41, 5.74) is 0. The molecule has 1 unspecified atom stereocenters. The standard InChI is InChI=1S/C27H56O3/c1-6-8-10-12-14-15-16-17-18-19-21-23-25-26(27(28-3,29-4)30-5)24-22-20-13-11-9-7-2/h26H,6-25H2,1-5H3. The Bertz CT molecular complexity index is 320. The SMILES string of the molecule is CCCCCCCCCCCCCCC(CCCCCCCC)C(OC)(OC)OC. The number of hydrogen-bond donors (Lipinski definition) is 0. The van der Waals surface area contributed by atoms with E-state index in [-0.39, 0.29) is 0 Å². The molecule has 0 aromatic carbocycles. The molecular weight excluding hydrogens is 372 g/mol. The van der Waals surface area contributed by atoms with Gasteiger partial charge in [0, 0.05) is 27.2 Å². The third kappa shape index (κ3) is 14.8. The highest BCUT2D eigenvalue weighted by Gasteiger charge is 2.39. The molecule has 30 heavy (non-hydrogen) atoms. The van der Waals surface area contributed by atoms with E-state index in [1.54, 1.807) is 21.3 Å². The lowest BCUT2D eigenvalue weighted by atomic mass is 9.91. The summed E-state index contributed by atoms with van der Waals surface area (Å²) in [6.07, 6.45) is 26.8. The number of unbranched alkanes of at least 4 members (excludes halogenated alkanes) is 16. The van der Waals surface area contributed by atoms with Crippen LogP contribution in [0.5, 0.6) is 0 Å². The van der Waals surface area contributed by atoms with Crippen LogP contribution in [-0.4, -0.2) is 27.3 Å². The van der Waals surface area contributed by atoms with Gasteiger partial charge in [0.15, 0.2) is 0 Å². The van der Waals surface area contributed by atoms with Crippen molar-refractivity contribution in [2.75, 3.05) is 21.3 Å². The van der Waals surface area contributed by atoms with Crippen LogP contribution in [0.15, 0.2) is 0 Å². The summed E-state index contributed by atoms with van der Waals surface area (Å²) >= 11 is 0. The van der Waals surface area contributed by atoms with Crippen molar-refractivity contribution in [1.82, 2.24) is 0 Å². The molecule has 182 valence electrons. The Morgan fingerprint density at radius 2 is 0.700 bits per heavy atom. The maximum absolute atomic E-state index is 5.71. The van der Waals surface area contributed by atoms with Crippen molar-refractivity contribution in [1.29, 1.82) is 0 Å². The quantitative estimate of drug-likeness (QED) is 0.113. The molecule has 1 atom stereocenters. The van der Waals surface area contributed by atoms with E-state index in [1.807, 2.05) is 0 Å². The highest BCUT2D eigenvalue weighted by molar-refractivity contribution is 4.72. The van der Waals surface area contributed by atoms with Crippen molar-refractivity contribution >= 4 is 0 Å². The number of methoxy groups -OCH3 is 3. The predicted octanol–water partition coefficient (Wildman–Crippen LogP) is 9.04. The molecule has 3 nitrogen and oxygen atoms in total. The van der Waals surface area contributed by atoms with E-state index in [1.165, 1.54) is 116 Å². The molecule has 0 aromatic rings. The zero-order valence-corrected chi connectivity index (χ0v) is 21.4. The summed E-state index contributed by atoms with van der Waals surface area (Å²) in [5, 5.41) is 0. The zero-order valence-electron chi connectivity index (χ0n) is 21.4. The largest absolute Gasteiger partial charge is 0.331 e. The van der Waals surface area contributed by atoms with Crippen LogP contribution in [0.25, 0.3) is 0 Å². The van der Waals surface area contributed by atoms with Crippen molar-refractivity contribution in [3.05, 3.63) is 0 Å². The van der Waals surface area contributed by atoms with Gasteiger partial charge in [-0.05, 0) is 12.8 Å². The molecule has 0 aromatic heterocycles. The topological polar surface area (TPSA) is 27.7 Å². The third-order valence-electron chi connectivity index (χ3n) is 6.67. The second-order valence-corrected chi connectivity index (χ2v) is 9.15. The normalized spacial score (nSPS) is 13.1. The van der Waals surface area contributed by atoms with Crippen molar-refractivity contribution in [3.63, 3.8) is 0 Å². The molecule has 0 aliphatic carbocycles. The van der Waals surface area contributed by atoms with Crippen molar-refractivity contribution < 1.29 is 14.2 Å². The monoisotopic (exact) mass is 428 g/mol. The van der Waals surface area contributed by atoms with Crippen LogP contribution >= 0.6 is 0 Å². The molecule has 0 rings (SSSR count). The molecule has 0 N–H and O–H groups in total. The summed E-state index contributed by atoms with van der Waals surface area (Å²) in [6, 6.07) is 0. The molecule has 0 heterocycles. The molecule has 0 aliphatic rings. The van der Waals surface area contributed by atoms with Gasteiger partial charge >= 0.3 is 0 Å². The van der Waals surface area contributed by atoms with E-state index in [2.05, 4.69) is 13.8 Å². The minimum Gasteiger partial charge on any atom is -0.331 e. The minimum absolute atomic E-state index is 0.312. The molecule has 0 spiro atoms. The lowest BCUT2D eigenvalue weighted by Crippen LogP contribution is -2.44. The fourth-order valence-corrected chi connectivity index (χ4v) is 4.65. The maximum atomic E-state index is 5.71.